The van der Waals surface area contributed by atoms with Crippen LogP contribution in [0.2, 0.25) is 0 Å². The summed E-state index contributed by atoms with van der Waals surface area (Å²) in [6.07, 6.45) is 0.237. The van der Waals surface area contributed by atoms with Gasteiger partial charge < -0.3 is 15.1 Å². The molecule has 1 saturated heterocycles. The fourth-order valence-electron chi connectivity index (χ4n) is 3.07. The van der Waals surface area contributed by atoms with Crippen molar-refractivity contribution in [2.45, 2.75) is 13.3 Å². The van der Waals surface area contributed by atoms with Crippen LogP contribution in [0.1, 0.15) is 12.5 Å². The van der Waals surface area contributed by atoms with Crippen LogP contribution in [-0.4, -0.2) is 43.5 Å². The minimum absolute atomic E-state index is 0.101. The molecule has 0 atom stereocenters. The quantitative estimate of drug-likeness (QED) is 0.907. The smallest absolute Gasteiger partial charge is 0.228 e. The molecule has 1 aliphatic heterocycles. The first-order chi connectivity index (χ1) is 12.1. The molecule has 1 fully saturated rings. The molecule has 5 heteroatoms. The average Bonchev–Trinajstić information content (AvgIpc) is 2.64. The molecule has 0 unspecified atom stereocenters. The summed E-state index contributed by atoms with van der Waals surface area (Å²) < 4.78 is 12.9. The third kappa shape index (κ3) is 4.79. The van der Waals surface area contributed by atoms with Gasteiger partial charge in [-0.25, -0.2) is 4.39 Å². The highest BCUT2D eigenvalue weighted by Crippen LogP contribution is 2.19. The zero-order valence-corrected chi connectivity index (χ0v) is 14.5. The lowest BCUT2D eigenvalue weighted by Crippen LogP contribution is -2.46. The summed E-state index contributed by atoms with van der Waals surface area (Å²) >= 11 is 0. The van der Waals surface area contributed by atoms with Gasteiger partial charge in [-0.05, 0) is 48.5 Å². The molecule has 1 amide bonds. The number of rotatable bonds is 5. The van der Waals surface area contributed by atoms with E-state index in [1.165, 1.54) is 17.8 Å². The zero-order chi connectivity index (χ0) is 17.6. The van der Waals surface area contributed by atoms with Gasteiger partial charge in [-0.1, -0.05) is 19.1 Å². The Morgan fingerprint density at radius 1 is 1.00 bits per heavy atom. The van der Waals surface area contributed by atoms with Crippen molar-refractivity contribution < 1.29 is 9.18 Å². The molecule has 0 aromatic heterocycles. The van der Waals surface area contributed by atoms with Crippen molar-refractivity contribution in [2.24, 2.45) is 0 Å². The molecule has 2 aromatic carbocycles. The van der Waals surface area contributed by atoms with E-state index in [9.17, 15) is 9.18 Å². The molecular formula is C20H24FN3O. The van der Waals surface area contributed by atoms with Crippen molar-refractivity contribution in [3.05, 3.63) is 59.9 Å². The summed E-state index contributed by atoms with van der Waals surface area (Å²) in [5, 5.41) is 2.89. The third-order valence-electron chi connectivity index (χ3n) is 4.61. The van der Waals surface area contributed by atoms with Crippen molar-refractivity contribution >= 4 is 17.3 Å². The first-order valence-electron chi connectivity index (χ1n) is 8.75. The maximum Gasteiger partial charge on any atom is 0.228 e. The van der Waals surface area contributed by atoms with Crippen LogP contribution in [0.15, 0.2) is 48.5 Å². The number of carbonyl (C=O) groups is 1. The van der Waals surface area contributed by atoms with Gasteiger partial charge in [0.05, 0.1) is 6.42 Å². The molecule has 0 saturated carbocycles. The van der Waals surface area contributed by atoms with E-state index in [0.29, 0.717) is 0 Å². The summed E-state index contributed by atoms with van der Waals surface area (Å²) in [4.78, 5) is 16.9. The summed E-state index contributed by atoms with van der Waals surface area (Å²) in [5.74, 6) is -0.393. The Labute approximate surface area is 148 Å². The normalized spacial score (nSPS) is 15.2. The minimum Gasteiger partial charge on any atom is -0.369 e. The number of carbonyl (C=O) groups excluding carboxylic acids is 1. The molecule has 3 rings (SSSR count). The molecule has 4 nitrogen and oxygen atoms in total. The van der Waals surface area contributed by atoms with E-state index in [-0.39, 0.29) is 18.1 Å². The molecule has 0 aliphatic carbocycles. The van der Waals surface area contributed by atoms with Gasteiger partial charge >= 0.3 is 0 Å². The van der Waals surface area contributed by atoms with Crippen LogP contribution in [0.4, 0.5) is 15.8 Å². The molecule has 25 heavy (non-hydrogen) atoms. The lowest BCUT2D eigenvalue weighted by molar-refractivity contribution is -0.115. The molecular weight excluding hydrogens is 317 g/mol. The van der Waals surface area contributed by atoms with Crippen molar-refractivity contribution in [1.82, 2.24) is 4.90 Å². The Hall–Kier alpha value is -2.40. The van der Waals surface area contributed by atoms with Crippen LogP contribution in [0.5, 0.6) is 0 Å². The van der Waals surface area contributed by atoms with E-state index >= 15 is 0 Å². The Balaban J connectivity index is 1.53. The molecule has 0 spiro atoms. The molecule has 0 radical (unpaired) electrons. The monoisotopic (exact) mass is 341 g/mol. The largest absolute Gasteiger partial charge is 0.369 e. The number of hydrogen-bond acceptors (Lipinski definition) is 3. The molecule has 132 valence electrons. The van der Waals surface area contributed by atoms with Crippen LogP contribution in [0.3, 0.4) is 0 Å². The average molecular weight is 341 g/mol. The van der Waals surface area contributed by atoms with Gasteiger partial charge in [0.1, 0.15) is 5.82 Å². The number of amides is 1. The Morgan fingerprint density at radius 3 is 2.24 bits per heavy atom. The van der Waals surface area contributed by atoms with Crippen molar-refractivity contribution in [3.8, 4) is 0 Å². The van der Waals surface area contributed by atoms with Gasteiger partial charge in [-0.3, -0.25) is 4.79 Å². The number of piperazine rings is 1. The number of anilines is 2. The highest BCUT2D eigenvalue weighted by Gasteiger charge is 2.15. The molecule has 1 heterocycles. The van der Waals surface area contributed by atoms with E-state index < -0.39 is 0 Å². The summed E-state index contributed by atoms with van der Waals surface area (Å²) in [6.45, 7) is 7.54. The first-order valence-corrected chi connectivity index (χ1v) is 8.75. The van der Waals surface area contributed by atoms with Crippen LogP contribution >= 0.6 is 0 Å². The summed E-state index contributed by atoms with van der Waals surface area (Å²) in [6, 6.07) is 14.0. The predicted molar refractivity (Wildman–Crippen MR) is 99.5 cm³/mol. The van der Waals surface area contributed by atoms with Gasteiger partial charge in [0.25, 0.3) is 0 Å². The topological polar surface area (TPSA) is 35.6 Å². The lowest BCUT2D eigenvalue weighted by Gasteiger charge is -2.35. The maximum absolute atomic E-state index is 12.9. The van der Waals surface area contributed by atoms with Crippen molar-refractivity contribution in [1.29, 1.82) is 0 Å². The number of nitrogens with one attached hydrogen (secondary N) is 1. The van der Waals surface area contributed by atoms with Crippen molar-refractivity contribution in [2.75, 3.05) is 42.9 Å². The minimum atomic E-state index is -0.292. The van der Waals surface area contributed by atoms with E-state index in [4.69, 9.17) is 0 Å². The second kappa shape index (κ2) is 8.12. The van der Waals surface area contributed by atoms with Gasteiger partial charge in [0, 0.05) is 37.6 Å². The van der Waals surface area contributed by atoms with Crippen LogP contribution < -0.4 is 10.2 Å². The highest BCUT2D eigenvalue weighted by atomic mass is 19.1. The fourth-order valence-corrected chi connectivity index (χ4v) is 3.07. The number of halogens is 1. The van der Waals surface area contributed by atoms with Gasteiger partial charge in [0.2, 0.25) is 5.91 Å². The Bertz CT molecular complexity index is 692. The SMILES string of the molecule is CCN1CCN(c2ccc(NC(=O)Cc3ccc(F)cc3)cc2)CC1. The van der Waals surface area contributed by atoms with Crippen LogP contribution in [0, 0.1) is 5.82 Å². The van der Waals surface area contributed by atoms with E-state index in [2.05, 4.69) is 34.2 Å². The highest BCUT2D eigenvalue weighted by molar-refractivity contribution is 5.92. The van der Waals surface area contributed by atoms with E-state index in [0.717, 1.165) is 44.0 Å². The van der Waals surface area contributed by atoms with Gasteiger partial charge in [-0.2, -0.15) is 0 Å². The standard InChI is InChI=1S/C20H24FN3O/c1-2-23-11-13-24(14-12-23)19-9-7-18(8-10-19)22-20(25)15-16-3-5-17(21)6-4-16/h3-10H,2,11-15H2,1H3,(H,22,25). The van der Waals surface area contributed by atoms with Crippen molar-refractivity contribution in [3.63, 3.8) is 0 Å². The molecule has 0 bridgehead atoms. The predicted octanol–water partition coefficient (Wildman–Crippen LogP) is 3.15. The van der Waals surface area contributed by atoms with E-state index in [1.807, 2.05) is 12.1 Å². The molecule has 1 N–H and O–H groups in total. The number of benzene rings is 2. The second-order valence-electron chi connectivity index (χ2n) is 6.32. The fraction of sp³-hybridized carbons (Fsp3) is 0.350. The number of nitrogens with zero attached hydrogens (tertiary/aromatic N) is 2. The van der Waals surface area contributed by atoms with E-state index in [1.54, 1.807) is 12.1 Å². The zero-order valence-electron chi connectivity index (χ0n) is 14.5. The molecule has 1 aliphatic rings. The molecule has 2 aromatic rings. The van der Waals surface area contributed by atoms with Gasteiger partial charge in [-0.15, -0.1) is 0 Å². The Morgan fingerprint density at radius 2 is 1.64 bits per heavy atom. The maximum atomic E-state index is 12.9. The first kappa shape index (κ1) is 17.4. The summed E-state index contributed by atoms with van der Waals surface area (Å²) in [5.41, 5.74) is 2.76. The second-order valence-corrected chi connectivity index (χ2v) is 6.32. The van der Waals surface area contributed by atoms with Gasteiger partial charge in [0.15, 0.2) is 0 Å². The lowest BCUT2D eigenvalue weighted by atomic mass is 10.1. The van der Waals surface area contributed by atoms with Crippen LogP contribution in [-0.2, 0) is 11.2 Å². The number of hydrogen-bond donors (Lipinski definition) is 1. The number of likely N-dealkylation sites (N-methyl/N-ethyl adjacent to an activating group) is 1. The Kier molecular flexibility index (Phi) is 5.66. The summed E-state index contributed by atoms with van der Waals surface area (Å²) in [7, 11) is 0. The third-order valence-corrected chi connectivity index (χ3v) is 4.61. The van der Waals surface area contributed by atoms with Crippen LogP contribution in [0.25, 0.3) is 0 Å².